The second-order valence-electron chi connectivity index (χ2n) is 17.9. The molecule has 67 heavy (non-hydrogen) atoms. The van der Waals surface area contributed by atoms with Gasteiger partial charge in [-0.2, -0.15) is 0 Å². The van der Waals surface area contributed by atoms with E-state index in [0.29, 0.717) is 0 Å². The molecule has 13 aromatic rings. The first-order valence-corrected chi connectivity index (χ1v) is 23.7. The molecule has 15 rings (SSSR count). The van der Waals surface area contributed by atoms with Crippen LogP contribution in [0, 0.1) is 0 Å². The summed E-state index contributed by atoms with van der Waals surface area (Å²) in [5.74, 6) is 1.87. The highest BCUT2D eigenvalue weighted by Crippen LogP contribution is 2.65. The van der Waals surface area contributed by atoms with Crippen LogP contribution in [0.2, 0.25) is 0 Å². The van der Waals surface area contributed by atoms with E-state index in [9.17, 15) is 0 Å². The summed E-state index contributed by atoms with van der Waals surface area (Å²) in [5, 5.41) is 9.34. The summed E-state index contributed by atoms with van der Waals surface area (Å²) in [6, 6.07) is 82.0. The van der Waals surface area contributed by atoms with Gasteiger partial charge >= 0.3 is 0 Å². The quantitative estimate of drug-likeness (QED) is 0.176. The van der Waals surface area contributed by atoms with E-state index in [4.69, 9.17) is 9.15 Å². The lowest BCUT2D eigenvalue weighted by Gasteiger charge is -2.40. The van der Waals surface area contributed by atoms with Crippen LogP contribution in [0.3, 0.4) is 0 Å². The van der Waals surface area contributed by atoms with E-state index in [1.807, 2.05) is 23.5 Å². The van der Waals surface area contributed by atoms with Crippen molar-refractivity contribution < 1.29 is 9.15 Å². The van der Waals surface area contributed by atoms with Gasteiger partial charge in [0.15, 0.2) is 0 Å². The molecular weight excluding hydrogens is 835 g/mol. The fourth-order valence-corrected chi connectivity index (χ4v) is 12.8. The van der Waals surface area contributed by atoms with Crippen LogP contribution < -0.4 is 9.64 Å². The molecule has 3 heterocycles. The van der Waals surface area contributed by atoms with Crippen molar-refractivity contribution in [3.8, 4) is 33.8 Å². The van der Waals surface area contributed by atoms with Crippen molar-refractivity contribution in [2.24, 2.45) is 0 Å². The largest absolute Gasteiger partial charge is 0.456 e. The fraction of sp³-hybridized carbons (Fsp3) is 0.0159. The number of thiophene rings is 1. The number of fused-ring (bicyclic) bond motifs is 19. The number of hydrogen-bond donors (Lipinski definition) is 0. The van der Waals surface area contributed by atoms with Gasteiger partial charge in [0.05, 0.1) is 5.41 Å². The summed E-state index contributed by atoms with van der Waals surface area (Å²) in [7, 11) is 0. The maximum atomic E-state index is 7.21. The number of furan rings is 1. The Bertz CT molecular complexity index is 4130. The van der Waals surface area contributed by atoms with Gasteiger partial charge in [-0.3, -0.25) is 0 Å². The molecule has 0 atom stereocenters. The van der Waals surface area contributed by atoms with Gasteiger partial charge in [-0.05, 0) is 98.8 Å². The molecule has 1 aliphatic heterocycles. The predicted octanol–water partition coefficient (Wildman–Crippen LogP) is 17.9. The monoisotopic (exact) mass is 871 g/mol. The highest BCUT2D eigenvalue weighted by Gasteiger charge is 2.52. The van der Waals surface area contributed by atoms with Gasteiger partial charge in [0.25, 0.3) is 0 Å². The molecule has 312 valence electrons. The second-order valence-corrected chi connectivity index (χ2v) is 19.0. The van der Waals surface area contributed by atoms with E-state index < -0.39 is 5.41 Å². The number of ether oxygens (including phenoxy) is 1. The minimum Gasteiger partial charge on any atom is -0.456 e. The number of benzene rings is 11. The number of para-hydroxylation sites is 2. The maximum absolute atomic E-state index is 7.21. The Morgan fingerprint density at radius 3 is 1.75 bits per heavy atom. The van der Waals surface area contributed by atoms with Gasteiger partial charge < -0.3 is 14.1 Å². The van der Waals surface area contributed by atoms with E-state index in [-0.39, 0.29) is 0 Å². The molecule has 0 amide bonds. The van der Waals surface area contributed by atoms with Gasteiger partial charge in [0.2, 0.25) is 0 Å². The first-order valence-electron chi connectivity index (χ1n) is 22.9. The summed E-state index contributed by atoms with van der Waals surface area (Å²) >= 11 is 1.86. The van der Waals surface area contributed by atoms with Crippen LogP contribution in [0.4, 0.5) is 17.1 Å². The Balaban J connectivity index is 0.913. The number of anilines is 3. The summed E-state index contributed by atoms with van der Waals surface area (Å²) in [4.78, 5) is 2.36. The van der Waals surface area contributed by atoms with Crippen molar-refractivity contribution >= 4 is 92.1 Å². The molecule has 2 aromatic heterocycles. The first-order chi connectivity index (χ1) is 33.2. The summed E-state index contributed by atoms with van der Waals surface area (Å²) in [6.45, 7) is 0. The molecule has 0 fully saturated rings. The third-order valence-corrected chi connectivity index (χ3v) is 15.6. The van der Waals surface area contributed by atoms with Gasteiger partial charge in [0, 0.05) is 69.9 Å². The Labute approximate surface area is 390 Å². The molecule has 1 aliphatic carbocycles. The Kier molecular flexibility index (Phi) is 7.58. The lowest BCUT2D eigenvalue weighted by atomic mass is 9.65. The molecule has 0 radical (unpaired) electrons. The second kappa shape index (κ2) is 13.8. The third-order valence-electron chi connectivity index (χ3n) is 14.5. The van der Waals surface area contributed by atoms with E-state index >= 15 is 0 Å². The lowest BCUT2D eigenvalue weighted by Crippen LogP contribution is -2.32. The van der Waals surface area contributed by atoms with Crippen molar-refractivity contribution in [2.75, 3.05) is 4.90 Å². The molecule has 4 heteroatoms. The van der Waals surface area contributed by atoms with Crippen molar-refractivity contribution in [3.63, 3.8) is 0 Å². The van der Waals surface area contributed by atoms with E-state index in [1.54, 1.807) is 0 Å². The Morgan fingerprint density at radius 2 is 0.955 bits per heavy atom. The Hall–Kier alpha value is -8.44. The topological polar surface area (TPSA) is 25.6 Å². The molecule has 11 aromatic carbocycles. The number of rotatable bonds is 4. The van der Waals surface area contributed by atoms with Gasteiger partial charge in [-0.1, -0.05) is 170 Å². The smallest absolute Gasteiger partial charge is 0.140 e. The average Bonchev–Trinajstić information content (AvgIpc) is 4.04. The van der Waals surface area contributed by atoms with Crippen molar-refractivity contribution in [2.45, 2.75) is 5.41 Å². The molecule has 0 saturated carbocycles. The molecular formula is C63H37NO2S. The molecule has 0 bridgehead atoms. The van der Waals surface area contributed by atoms with Crippen molar-refractivity contribution in [1.29, 1.82) is 0 Å². The minimum atomic E-state index is -0.600. The highest BCUT2D eigenvalue weighted by atomic mass is 32.1. The SMILES string of the molecule is c1ccc(N(c2ccc3c(c2)sc2cc(-c4cccc5c4-c4ccccc4C54c5ccc6ccccc6c5Oc5c4ccc4ccccc54)ccc23)c2ccc3oc4ccccc4c3c2)cc1. The van der Waals surface area contributed by atoms with Crippen LogP contribution >= 0.6 is 11.3 Å². The highest BCUT2D eigenvalue weighted by molar-refractivity contribution is 7.25. The van der Waals surface area contributed by atoms with Gasteiger partial charge in [0.1, 0.15) is 22.7 Å². The fourth-order valence-electron chi connectivity index (χ4n) is 11.6. The van der Waals surface area contributed by atoms with Crippen LogP contribution in [0.15, 0.2) is 229 Å². The predicted molar refractivity (Wildman–Crippen MR) is 279 cm³/mol. The van der Waals surface area contributed by atoms with Crippen LogP contribution in [-0.2, 0) is 5.41 Å². The van der Waals surface area contributed by atoms with Crippen molar-refractivity contribution in [1.82, 2.24) is 0 Å². The third kappa shape index (κ3) is 5.11. The average molecular weight is 872 g/mol. The molecule has 3 nitrogen and oxygen atoms in total. The molecule has 1 spiro atoms. The molecule has 0 unspecified atom stereocenters. The molecule has 0 N–H and O–H groups in total. The first kappa shape index (κ1) is 36.9. The zero-order chi connectivity index (χ0) is 43.8. The van der Waals surface area contributed by atoms with Crippen LogP contribution in [0.25, 0.3) is 85.9 Å². The minimum absolute atomic E-state index is 0.600. The molecule has 2 aliphatic rings. The van der Waals surface area contributed by atoms with Crippen LogP contribution in [0.1, 0.15) is 22.3 Å². The lowest BCUT2D eigenvalue weighted by molar-refractivity contribution is 0.447. The van der Waals surface area contributed by atoms with Gasteiger partial charge in [-0.25, -0.2) is 0 Å². The van der Waals surface area contributed by atoms with E-state index in [1.165, 1.54) is 75.5 Å². The Morgan fingerprint density at radius 1 is 0.358 bits per heavy atom. The zero-order valence-electron chi connectivity index (χ0n) is 36.0. The zero-order valence-corrected chi connectivity index (χ0v) is 36.9. The summed E-state index contributed by atoms with van der Waals surface area (Å²) in [5.41, 5.74) is 14.4. The van der Waals surface area contributed by atoms with E-state index in [0.717, 1.165) is 61.3 Å². The van der Waals surface area contributed by atoms with Crippen molar-refractivity contribution in [3.05, 3.63) is 247 Å². The normalized spacial score (nSPS) is 13.3. The van der Waals surface area contributed by atoms with E-state index in [2.05, 4.69) is 217 Å². The van der Waals surface area contributed by atoms with Gasteiger partial charge in [-0.15, -0.1) is 11.3 Å². The van der Waals surface area contributed by atoms with Crippen LogP contribution in [0.5, 0.6) is 11.5 Å². The number of hydrogen-bond acceptors (Lipinski definition) is 4. The number of nitrogens with zero attached hydrogens (tertiary/aromatic N) is 1. The summed E-state index contributed by atoms with van der Waals surface area (Å²) in [6.07, 6.45) is 0. The maximum Gasteiger partial charge on any atom is 0.140 e. The molecule has 0 saturated heterocycles. The van der Waals surface area contributed by atoms with Crippen LogP contribution in [-0.4, -0.2) is 0 Å². The standard InChI is InChI=1S/C63H37NO2S/c1-2-15-41(16-3-1)64(42-29-34-57-51(36-42)47-19-9-11-24-56(47)65-57)43-28-31-49-48-30-25-40(35-58(48)67-59(49)37-43)44-21-12-23-53-60(44)50-20-8-10-22-52(50)63(53)54-32-26-38-13-4-6-17-45(38)61(54)66-62-46-18-7-5-14-39(46)27-33-55(62)63/h1-37H. The summed E-state index contributed by atoms with van der Waals surface area (Å²) < 4.78 is 16.0.